The summed E-state index contributed by atoms with van der Waals surface area (Å²) in [5.41, 5.74) is 4.10. The highest BCUT2D eigenvalue weighted by Crippen LogP contribution is 2.27. The van der Waals surface area contributed by atoms with Crippen molar-refractivity contribution in [3.63, 3.8) is 0 Å². The summed E-state index contributed by atoms with van der Waals surface area (Å²) in [5, 5.41) is 2.82. The van der Waals surface area contributed by atoms with Gasteiger partial charge in [0, 0.05) is 29.4 Å². The van der Waals surface area contributed by atoms with E-state index in [1.54, 1.807) is 13.0 Å². The number of aryl methyl sites for hydroxylation is 1. The van der Waals surface area contributed by atoms with Gasteiger partial charge in [0.05, 0.1) is 17.9 Å². The summed E-state index contributed by atoms with van der Waals surface area (Å²) >= 11 is 5.75. The second-order valence-electron chi connectivity index (χ2n) is 7.19. The van der Waals surface area contributed by atoms with Crippen molar-refractivity contribution in [2.45, 2.75) is 33.7 Å². The molecule has 0 unspecified atom stereocenters. The molecule has 7 heteroatoms. The fraction of sp³-hybridized carbons (Fsp3) is 0.250. The molecule has 0 aliphatic heterocycles. The quantitative estimate of drug-likeness (QED) is 0.472. The van der Waals surface area contributed by atoms with E-state index in [1.807, 2.05) is 42.7 Å². The Morgan fingerprint density at radius 3 is 2.45 bits per heavy atom. The number of hydrogen-bond donors (Lipinski definition) is 1. The highest BCUT2D eigenvalue weighted by Gasteiger charge is 2.20. The first-order valence-corrected chi connectivity index (χ1v) is 10.4. The predicted octanol–water partition coefficient (Wildman–Crippen LogP) is 5.77. The van der Waals surface area contributed by atoms with Gasteiger partial charge in [0.15, 0.2) is 0 Å². The average Bonchev–Trinajstić information content (AvgIpc) is 3.06. The Labute approximate surface area is 185 Å². The highest BCUT2D eigenvalue weighted by atomic mass is 35.5. The van der Waals surface area contributed by atoms with Gasteiger partial charge in [-0.15, -0.1) is 0 Å². The number of carbonyl (C=O) groups excluding carboxylic acids is 2. The molecule has 5 nitrogen and oxygen atoms in total. The van der Waals surface area contributed by atoms with Gasteiger partial charge >= 0.3 is 5.97 Å². The summed E-state index contributed by atoms with van der Waals surface area (Å²) in [4.78, 5) is 24.8. The lowest BCUT2D eigenvalue weighted by atomic mass is 10.1. The molecule has 1 heterocycles. The first-order chi connectivity index (χ1) is 14.8. The number of nitrogens with zero attached hydrogens (tertiary/aromatic N) is 1. The molecule has 1 aromatic heterocycles. The zero-order valence-corrected chi connectivity index (χ0v) is 18.4. The molecular formula is C24H24ClFN2O3. The predicted molar refractivity (Wildman–Crippen MR) is 120 cm³/mol. The van der Waals surface area contributed by atoms with Gasteiger partial charge in [0.1, 0.15) is 5.82 Å². The summed E-state index contributed by atoms with van der Waals surface area (Å²) in [6.07, 6.45) is 0.0959. The van der Waals surface area contributed by atoms with Gasteiger partial charge in [-0.05, 0) is 50.6 Å². The van der Waals surface area contributed by atoms with E-state index in [0.717, 1.165) is 22.9 Å². The van der Waals surface area contributed by atoms with Crippen LogP contribution in [0.15, 0.2) is 48.5 Å². The minimum Gasteiger partial charge on any atom is -0.462 e. The fourth-order valence-corrected chi connectivity index (χ4v) is 3.49. The van der Waals surface area contributed by atoms with E-state index in [1.165, 1.54) is 12.1 Å². The van der Waals surface area contributed by atoms with Gasteiger partial charge in [-0.2, -0.15) is 0 Å². The van der Waals surface area contributed by atoms with Crippen LogP contribution in [0.2, 0.25) is 5.02 Å². The van der Waals surface area contributed by atoms with E-state index in [0.29, 0.717) is 17.8 Å². The monoisotopic (exact) mass is 442 g/mol. The number of rotatable bonds is 7. The van der Waals surface area contributed by atoms with Crippen molar-refractivity contribution < 1.29 is 18.7 Å². The van der Waals surface area contributed by atoms with Gasteiger partial charge in [-0.3, -0.25) is 4.79 Å². The van der Waals surface area contributed by atoms with Gasteiger partial charge in [0.2, 0.25) is 5.91 Å². The first kappa shape index (κ1) is 22.6. The number of anilines is 1. The van der Waals surface area contributed by atoms with E-state index in [9.17, 15) is 14.0 Å². The molecule has 0 spiro atoms. The molecular weight excluding hydrogens is 419 g/mol. The number of hydrogen-bond acceptors (Lipinski definition) is 3. The van der Waals surface area contributed by atoms with Crippen molar-refractivity contribution in [2.75, 3.05) is 11.9 Å². The molecule has 31 heavy (non-hydrogen) atoms. The third-order valence-corrected chi connectivity index (χ3v) is 5.21. The van der Waals surface area contributed by atoms with Crippen LogP contribution in [0.1, 0.15) is 35.0 Å². The topological polar surface area (TPSA) is 60.3 Å². The Balaban J connectivity index is 1.85. The molecule has 162 valence electrons. The molecule has 0 saturated heterocycles. The molecule has 2 aromatic carbocycles. The Kier molecular flexibility index (Phi) is 7.13. The van der Waals surface area contributed by atoms with Crippen LogP contribution in [0, 0.1) is 19.7 Å². The van der Waals surface area contributed by atoms with E-state index < -0.39 is 11.8 Å². The molecule has 0 saturated carbocycles. The molecule has 3 aromatic rings. The van der Waals surface area contributed by atoms with Crippen molar-refractivity contribution in [2.24, 2.45) is 0 Å². The Bertz CT molecular complexity index is 1110. The molecule has 0 atom stereocenters. The lowest BCUT2D eigenvalue weighted by Gasteiger charge is -2.13. The summed E-state index contributed by atoms with van der Waals surface area (Å²) in [7, 11) is 0. The summed E-state index contributed by atoms with van der Waals surface area (Å²) in [6.45, 7) is 6.16. The van der Waals surface area contributed by atoms with E-state index in [4.69, 9.17) is 16.3 Å². The third-order valence-electron chi connectivity index (χ3n) is 4.98. The molecule has 1 N–H and O–H groups in total. The van der Waals surface area contributed by atoms with Crippen LogP contribution in [0.5, 0.6) is 0 Å². The maximum Gasteiger partial charge on any atom is 0.339 e. The standard InChI is InChI=1S/C24H24ClFN2O3/c1-4-31-24(30)19-14-22(17-7-5-15(2)6-8-17)28(16(19)3)12-11-23(29)27-21-10-9-18(25)13-20(21)26/h5-10,13-14H,4,11-12H2,1-3H3,(H,27,29). The Hall–Kier alpha value is -3.12. The molecule has 1 amide bonds. The highest BCUT2D eigenvalue weighted by molar-refractivity contribution is 6.30. The van der Waals surface area contributed by atoms with Crippen LogP contribution in [0.25, 0.3) is 11.3 Å². The van der Waals surface area contributed by atoms with Crippen molar-refractivity contribution >= 4 is 29.2 Å². The maximum absolute atomic E-state index is 14.0. The normalized spacial score (nSPS) is 10.7. The molecule has 0 fully saturated rings. The van der Waals surface area contributed by atoms with Crippen molar-refractivity contribution in [3.8, 4) is 11.3 Å². The van der Waals surface area contributed by atoms with Crippen LogP contribution < -0.4 is 5.32 Å². The number of amides is 1. The number of ether oxygens (including phenoxy) is 1. The maximum atomic E-state index is 14.0. The number of halogens is 2. The van der Waals surface area contributed by atoms with Crippen molar-refractivity contribution in [3.05, 3.63) is 76.2 Å². The zero-order valence-electron chi connectivity index (χ0n) is 17.7. The number of benzene rings is 2. The summed E-state index contributed by atoms with van der Waals surface area (Å²) in [6, 6.07) is 13.8. The third kappa shape index (κ3) is 5.33. The lowest BCUT2D eigenvalue weighted by molar-refractivity contribution is -0.116. The second kappa shape index (κ2) is 9.79. The van der Waals surface area contributed by atoms with Crippen LogP contribution in [0.3, 0.4) is 0 Å². The van der Waals surface area contributed by atoms with Crippen molar-refractivity contribution in [1.82, 2.24) is 4.57 Å². The molecule has 0 bridgehead atoms. The minimum atomic E-state index is -0.595. The number of nitrogens with one attached hydrogen (secondary N) is 1. The van der Waals surface area contributed by atoms with E-state index >= 15 is 0 Å². The molecule has 0 aliphatic carbocycles. The van der Waals surface area contributed by atoms with E-state index in [-0.39, 0.29) is 29.6 Å². The van der Waals surface area contributed by atoms with Crippen LogP contribution >= 0.6 is 11.6 Å². The first-order valence-electron chi connectivity index (χ1n) is 9.99. The average molecular weight is 443 g/mol. The molecule has 0 radical (unpaired) electrons. The number of esters is 1. The van der Waals surface area contributed by atoms with Crippen LogP contribution in [-0.2, 0) is 16.1 Å². The fourth-order valence-electron chi connectivity index (χ4n) is 3.33. The molecule has 0 aliphatic rings. The van der Waals surface area contributed by atoms with Crippen LogP contribution in [0.4, 0.5) is 10.1 Å². The number of aromatic nitrogens is 1. The summed E-state index contributed by atoms with van der Waals surface area (Å²) in [5.74, 6) is -1.34. The Morgan fingerprint density at radius 1 is 1.10 bits per heavy atom. The smallest absolute Gasteiger partial charge is 0.339 e. The van der Waals surface area contributed by atoms with Gasteiger partial charge in [0.25, 0.3) is 0 Å². The summed E-state index contributed by atoms with van der Waals surface area (Å²) < 4.78 is 21.1. The SMILES string of the molecule is CCOC(=O)c1cc(-c2ccc(C)cc2)n(CCC(=O)Nc2ccc(Cl)cc2F)c1C. The van der Waals surface area contributed by atoms with Gasteiger partial charge in [-0.1, -0.05) is 41.4 Å². The van der Waals surface area contributed by atoms with Crippen LogP contribution in [-0.4, -0.2) is 23.1 Å². The number of carbonyl (C=O) groups is 2. The van der Waals surface area contributed by atoms with E-state index in [2.05, 4.69) is 5.32 Å². The largest absolute Gasteiger partial charge is 0.462 e. The second-order valence-corrected chi connectivity index (χ2v) is 7.63. The lowest BCUT2D eigenvalue weighted by Crippen LogP contribution is -2.16. The Morgan fingerprint density at radius 2 is 1.81 bits per heavy atom. The van der Waals surface area contributed by atoms with Gasteiger partial charge in [-0.25, -0.2) is 9.18 Å². The minimum absolute atomic E-state index is 0.0737. The van der Waals surface area contributed by atoms with Gasteiger partial charge < -0.3 is 14.6 Å². The van der Waals surface area contributed by atoms with Crippen molar-refractivity contribution in [1.29, 1.82) is 0 Å². The zero-order chi connectivity index (χ0) is 22.5. The molecule has 3 rings (SSSR count).